The van der Waals surface area contributed by atoms with E-state index in [9.17, 15) is 9.59 Å². The van der Waals surface area contributed by atoms with Crippen molar-refractivity contribution in [2.75, 3.05) is 6.61 Å². The zero-order chi connectivity index (χ0) is 19.9. The Morgan fingerprint density at radius 3 is 2.61 bits per heavy atom. The van der Waals surface area contributed by atoms with Gasteiger partial charge in [-0.25, -0.2) is 0 Å². The van der Waals surface area contributed by atoms with Gasteiger partial charge in [0.2, 0.25) is 5.91 Å². The van der Waals surface area contributed by atoms with Crippen molar-refractivity contribution in [3.05, 3.63) is 76.3 Å². The summed E-state index contributed by atoms with van der Waals surface area (Å²) >= 11 is 3.36. The van der Waals surface area contributed by atoms with Crippen molar-refractivity contribution < 1.29 is 14.3 Å². The van der Waals surface area contributed by atoms with Gasteiger partial charge >= 0.3 is 0 Å². The molecule has 0 unspecified atom stereocenters. The largest absolute Gasteiger partial charge is 0.493 e. The summed E-state index contributed by atoms with van der Waals surface area (Å²) in [5.41, 5.74) is 6.22. The Labute approximate surface area is 172 Å². The number of fused-ring (bicyclic) bond motifs is 1. The topological polar surface area (TPSA) is 67.4 Å². The number of hydrogen-bond acceptors (Lipinski definition) is 3. The smallest absolute Gasteiger partial charge is 0.273 e. The third-order valence-electron chi connectivity index (χ3n) is 4.19. The highest BCUT2D eigenvalue weighted by Gasteiger charge is 2.15. The van der Waals surface area contributed by atoms with Gasteiger partial charge in [0.1, 0.15) is 5.75 Å². The van der Waals surface area contributed by atoms with Gasteiger partial charge < -0.3 is 4.74 Å². The van der Waals surface area contributed by atoms with Gasteiger partial charge in [-0.05, 0) is 41.0 Å². The van der Waals surface area contributed by atoms with E-state index in [2.05, 4.69) is 26.8 Å². The minimum absolute atomic E-state index is 0.166. The van der Waals surface area contributed by atoms with Gasteiger partial charge in [-0.2, -0.15) is 0 Å². The van der Waals surface area contributed by atoms with Gasteiger partial charge in [-0.3, -0.25) is 20.4 Å². The molecule has 3 rings (SSSR count). The monoisotopic (exact) mass is 440 g/mol. The second-order valence-corrected chi connectivity index (χ2v) is 7.22. The first-order valence-corrected chi connectivity index (χ1v) is 9.86. The molecule has 28 heavy (non-hydrogen) atoms. The third kappa shape index (κ3) is 4.89. The predicted molar refractivity (Wildman–Crippen MR) is 113 cm³/mol. The number of hydrazine groups is 1. The van der Waals surface area contributed by atoms with Gasteiger partial charge in [0, 0.05) is 4.47 Å². The molecule has 2 amide bonds. The molecular formula is C22H21BrN2O3. The van der Waals surface area contributed by atoms with E-state index in [1.165, 1.54) is 0 Å². The molecule has 0 bridgehead atoms. The summed E-state index contributed by atoms with van der Waals surface area (Å²) in [7, 11) is 0. The van der Waals surface area contributed by atoms with Crippen LogP contribution in [0.25, 0.3) is 10.8 Å². The van der Waals surface area contributed by atoms with Crippen molar-refractivity contribution in [2.45, 2.75) is 19.8 Å². The minimum Gasteiger partial charge on any atom is -0.493 e. The Hall–Kier alpha value is -2.86. The summed E-state index contributed by atoms with van der Waals surface area (Å²) in [6.45, 7) is 2.50. The van der Waals surface area contributed by atoms with Gasteiger partial charge in [-0.15, -0.1) is 0 Å². The van der Waals surface area contributed by atoms with Crippen LogP contribution in [0.4, 0.5) is 0 Å². The van der Waals surface area contributed by atoms with Gasteiger partial charge in [-0.1, -0.05) is 65.3 Å². The maximum Gasteiger partial charge on any atom is 0.273 e. The van der Waals surface area contributed by atoms with E-state index in [1.54, 1.807) is 18.2 Å². The molecule has 144 valence electrons. The van der Waals surface area contributed by atoms with Crippen LogP contribution in [0.5, 0.6) is 5.75 Å². The number of hydrogen-bond donors (Lipinski definition) is 2. The highest BCUT2D eigenvalue weighted by Crippen LogP contribution is 2.23. The lowest BCUT2D eigenvalue weighted by Gasteiger charge is -2.13. The molecule has 0 radical (unpaired) electrons. The number of rotatable bonds is 6. The molecular weight excluding hydrogens is 420 g/mol. The molecule has 0 aliphatic rings. The van der Waals surface area contributed by atoms with E-state index in [0.717, 1.165) is 27.2 Å². The predicted octanol–water partition coefficient (Wildman–Crippen LogP) is 4.39. The lowest BCUT2D eigenvalue weighted by Crippen LogP contribution is -2.42. The van der Waals surface area contributed by atoms with E-state index in [0.29, 0.717) is 17.9 Å². The molecule has 3 aromatic rings. The van der Waals surface area contributed by atoms with Crippen molar-refractivity contribution in [2.24, 2.45) is 0 Å². The van der Waals surface area contributed by atoms with Crippen molar-refractivity contribution in [1.82, 2.24) is 10.9 Å². The number of amides is 2. The number of carbonyl (C=O) groups excluding carboxylic acids is 2. The van der Waals surface area contributed by atoms with Crippen LogP contribution >= 0.6 is 15.9 Å². The summed E-state index contributed by atoms with van der Waals surface area (Å²) in [5, 5.41) is 2.09. The lowest BCUT2D eigenvalue weighted by molar-refractivity contribution is -0.121. The van der Waals surface area contributed by atoms with Crippen molar-refractivity contribution in [3.63, 3.8) is 0 Å². The maximum atomic E-state index is 12.5. The normalized spacial score (nSPS) is 10.5. The van der Waals surface area contributed by atoms with Crippen LogP contribution in [0.3, 0.4) is 0 Å². The Kier molecular flexibility index (Phi) is 6.66. The van der Waals surface area contributed by atoms with Crippen LogP contribution in [-0.4, -0.2) is 18.4 Å². The number of halogens is 1. The first-order chi connectivity index (χ1) is 13.6. The summed E-state index contributed by atoms with van der Waals surface area (Å²) in [6.07, 6.45) is 0.998. The molecule has 0 aliphatic heterocycles. The van der Waals surface area contributed by atoms with E-state index in [1.807, 2.05) is 49.4 Å². The van der Waals surface area contributed by atoms with Crippen molar-refractivity contribution in [3.8, 4) is 5.75 Å². The molecule has 0 fully saturated rings. The van der Waals surface area contributed by atoms with Crippen molar-refractivity contribution in [1.29, 1.82) is 0 Å². The van der Waals surface area contributed by atoms with Gasteiger partial charge in [0.25, 0.3) is 5.91 Å². The molecule has 0 saturated carbocycles. The van der Waals surface area contributed by atoms with E-state index < -0.39 is 5.91 Å². The molecule has 0 aliphatic carbocycles. The summed E-state index contributed by atoms with van der Waals surface area (Å²) in [5.74, 6) is -0.250. The number of benzene rings is 3. The van der Waals surface area contributed by atoms with E-state index in [-0.39, 0.29) is 12.3 Å². The van der Waals surface area contributed by atoms with E-state index >= 15 is 0 Å². The summed E-state index contributed by atoms with van der Waals surface area (Å²) < 4.78 is 6.37. The first kappa shape index (κ1) is 19.9. The van der Waals surface area contributed by atoms with Crippen LogP contribution in [0.2, 0.25) is 0 Å². The van der Waals surface area contributed by atoms with Crippen LogP contribution < -0.4 is 15.6 Å². The fraction of sp³-hybridized carbons (Fsp3) is 0.182. The molecule has 0 spiro atoms. The number of ether oxygens (including phenoxy) is 1. The maximum absolute atomic E-state index is 12.5. The summed E-state index contributed by atoms with van der Waals surface area (Å²) in [6, 6.07) is 18.9. The SMILES string of the molecule is CCCOc1ccc(Br)cc1C(=O)NNC(=O)Cc1cccc2ccccc12. The summed E-state index contributed by atoms with van der Waals surface area (Å²) in [4.78, 5) is 24.9. The number of carbonyl (C=O) groups is 2. The standard InChI is InChI=1S/C22H21BrN2O3/c1-2-12-28-20-11-10-17(23)14-19(20)22(27)25-24-21(26)13-16-8-5-7-15-6-3-4-9-18(15)16/h3-11,14H,2,12-13H2,1H3,(H,24,26)(H,25,27). The molecule has 2 N–H and O–H groups in total. The lowest BCUT2D eigenvalue weighted by atomic mass is 10.0. The van der Waals surface area contributed by atoms with Crippen LogP contribution in [-0.2, 0) is 11.2 Å². The van der Waals surface area contributed by atoms with Crippen molar-refractivity contribution >= 4 is 38.5 Å². The highest BCUT2D eigenvalue weighted by molar-refractivity contribution is 9.10. The quantitative estimate of drug-likeness (QED) is 0.558. The fourth-order valence-corrected chi connectivity index (χ4v) is 3.24. The fourth-order valence-electron chi connectivity index (χ4n) is 2.88. The number of nitrogens with one attached hydrogen (secondary N) is 2. The Balaban J connectivity index is 1.66. The molecule has 0 aromatic heterocycles. The average molecular weight is 441 g/mol. The highest BCUT2D eigenvalue weighted by atomic mass is 79.9. The average Bonchev–Trinajstić information content (AvgIpc) is 2.71. The third-order valence-corrected chi connectivity index (χ3v) is 4.69. The second kappa shape index (κ2) is 9.37. The molecule has 0 atom stereocenters. The van der Waals surface area contributed by atoms with Gasteiger partial charge in [0.15, 0.2) is 0 Å². The minimum atomic E-state index is -0.432. The molecule has 3 aromatic carbocycles. The zero-order valence-corrected chi connectivity index (χ0v) is 17.1. The first-order valence-electron chi connectivity index (χ1n) is 9.06. The molecule has 0 heterocycles. The zero-order valence-electron chi connectivity index (χ0n) is 15.5. The Morgan fingerprint density at radius 2 is 1.79 bits per heavy atom. The van der Waals surface area contributed by atoms with Crippen LogP contribution in [0, 0.1) is 0 Å². The Morgan fingerprint density at radius 1 is 1.00 bits per heavy atom. The van der Waals surface area contributed by atoms with Gasteiger partial charge in [0.05, 0.1) is 18.6 Å². The molecule has 6 heteroatoms. The van der Waals surface area contributed by atoms with Crippen LogP contribution in [0.15, 0.2) is 65.1 Å². The second-order valence-electron chi connectivity index (χ2n) is 6.31. The van der Waals surface area contributed by atoms with E-state index in [4.69, 9.17) is 4.74 Å². The molecule has 5 nitrogen and oxygen atoms in total. The molecule has 0 saturated heterocycles. The Bertz CT molecular complexity index is 999. The van der Waals surface area contributed by atoms with Crippen LogP contribution in [0.1, 0.15) is 29.3 Å².